The Bertz CT molecular complexity index is 273. The highest BCUT2D eigenvalue weighted by atomic mass is 16.1. The number of nitrogens with one attached hydrogen (secondary N) is 1. The predicted octanol–water partition coefficient (Wildman–Crippen LogP) is 2.68. The number of carbonyl (C=O) groups is 1. The van der Waals surface area contributed by atoms with Crippen molar-refractivity contribution in [1.82, 2.24) is 5.32 Å². The van der Waals surface area contributed by atoms with Crippen LogP contribution in [0.3, 0.4) is 0 Å². The first kappa shape index (κ1) is 16.0. The maximum atomic E-state index is 8.00. The minimum absolute atomic E-state index is 0.344. The zero-order chi connectivity index (χ0) is 13.4. The van der Waals surface area contributed by atoms with E-state index in [1.165, 1.54) is 0 Å². The van der Waals surface area contributed by atoms with E-state index in [1.807, 2.05) is 20.6 Å². The van der Waals surface area contributed by atoms with Crippen molar-refractivity contribution in [1.29, 1.82) is 0 Å². The smallest absolute Gasteiger partial charge is 0.106 e. The highest BCUT2D eigenvalue weighted by Gasteiger charge is 2.33. The van der Waals surface area contributed by atoms with Gasteiger partial charge in [-0.25, -0.2) is 0 Å². The van der Waals surface area contributed by atoms with Crippen molar-refractivity contribution in [3.8, 4) is 0 Å². The molecule has 17 heavy (non-hydrogen) atoms. The van der Waals surface area contributed by atoms with Gasteiger partial charge in [0.1, 0.15) is 13.0 Å². The Kier molecular flexibility index (Phi) is 7.72. The predicted molar refractivity (Wildman–Crippen MR) is 74.3 cm³/mol. The second-order valence-corrected chi connectivity index (χ2v) is 4.40. The molecule has 0 amide bonds. The van der Waals surface area contributed by atoms with Crippen LogP contribution in [0.4, 0.5) is 0 Å². The SMILES string of the molecule is C=O.CC.CC1=NC2NCC(C)C(C)C2C=C1. The summed E-state index contributed by atoms with van der Waals surface area (Å²) in [5, 5.41) is 3.49. The number of fused-ring (bicyclic) bond motifs is 1. The molecule has 0 radical (unpaired) electrons. The highest BCUT2D eigenvalue weighted by molar-refractivity contribution is 5.93. The van der Waals surface area contributed by atoms with Crippen molar-refractivity contribution >= 4 is 12.5 Å². The molecule has 0 spiro atoms. The Labute approximate surface area is 105 Å². The summed E-state index contributed by atoms with van der Waals surface area (Å²) in [5.74, 6) is 2.12. The third-order valence-corrected chi connectivity index (χ3v) is 3.42. The van der Waals surface area contributed by atoms with Gasteiger partial charge < -0.3 is 4.79 Å². The summed E-state index contributed by atoms with van der Waals surface area (Å²) in [6.45, 7) is 13.8. The third kappa shape index (κ3) is 4.08. The number of rotatable bonds is 0. The third-order valence-electron chi connectivity index (χ3n) is 3.42. The minimum Gasteiger partial charge on any atom is -0.307 e. The molecule has 1 saturated heterocycles. The van der Waals surface area contributed by atoms with E-state index in [1.54, 1.807) is 0 Å². The lowest BCUT2D eigenvalue weighted by Gasteiger charge is -2.39. The van der Waals surface area contributed by atoms with Crippen LogP contribution >= 0.6 is 0 Å². The number of carbonyl (C=O) groups excluding carboxylic acids is 1. The number of nitrogens with zero attached hydrogens (tertiary/aromatic N) is 1. The van der Waals surface area contributed by atoms with Gasteiger partial charge in [-0.05, 0) is 31.4 Å². The number of aliphatic imine (C=N–C) groups is 1. The zero-order valence-electron chi connectivity index (χ0n) is 11.7. The second kappa shape index (κ2) is 8.18. The Hall–Kier alpha value is -0.960. The van der Waals surface area contributed by atoms with Crippen LogP contribution in [0.1, 0.15) is 34.6 Å². The maximum absolute atomic E-state index is 8.00. The summed E-state index contributed by atoms with van der Waals surface area (Å²) < 4.78 is 0. The molecule has 0 aromatic rings. The van der Waals surface area contributed by atoms with Crippen molar-refractivity contribution in [2.75, 3.05) is 6.54 Å². The van der Waals surface area contributed by atoms with Gasteiger partial charge in [0, 0.05) is 11.6 Å². The summed E-state index contributed by atoms with van der Waals surface area (Å²) in [5.41, 5.74) is 1.15. The lowest BCUT2D eigenvalue weighted by atomic mass is 9.78. The largest absolute Gasteiger partial charge is 0.307 e. The van der Waals surface area contributed by atoms with Crippen LogP contribution in [0.5, 0.6) is 0 Å². The molecule has 3 heteroatoms. The van der Waals surface area contributed by atoms with Crippen molar-refractivity contribution in [3.63, 3.8) is 0 Å². The van der Waals surface area contributed by atoms with Gasteiger partial charge in [-0.3, -0.25) is 10.3 Å². The number of allylic oxidation sites excluding steroid dienone is 1. The fourth-order valence-corrected chi connectivity index (χ4v) is 2.22. The molecule has 98 valence electrons. The lowest BCUT2D eigenvalue weighted by molar-refractivity contribution is -0.0979. The van der Waals surface area contributed by atoms with Gasteiger partial charge in [0.15, 0.2) is 0 Å². The molecule has 1 fully saturated rings. The van der Waals surface area contributed by atoms with Crippen LogP contribution in [0.25, 0.3) is 0 Å². The van der Waals surface area contributed by atoms with E-state index in [2.05, 4.69) is 43.2 Å². The van der Waals surface area contributed by atoms with E-state index >= 15 is 0 Å². The molecule has 0 saturated carbocycles. The molecule has 0 bridgehead atoms. The van der Waals surface area contributed by atoms with E-state index in [-0.39, 0.29) is 0 Å². The molecule has 4 atom stereocenters. The maximum Gasteiger partial charge on any atom is 0.106 e. The van der Waals surface area contributed by atoms with Crippen LogP contribution in [0.15, 0.2) is 17.1 Å². The van der Waals surface area contributed by atoms with Gasteiger partial charge in [-0.2, -0.15) is 0 Å². The minimum atomic E-state index is 0.344. The van der Waals surface area contributed by atoms with Crippen molar-refractivity contribution in [3.05, 3.63) is 12.2 Å². The molecule has 0 aromatic heterocycles. The number of hydrogen-bond donors (Lipinski definition) is 1. The Balaban J connectivity index is 0.000000581. The molecule has 2 aliphatic heterocycles. The lowest BCUT2D eigenvalue weighted by Crippen LogP contribution is -2.48. The summed E-state index contributed by atoms with van der Waals surface area (Å²) in [4.78, 5) is 12.6. The molecule has 2 rings (SSSR count). The van der Waals surface area contributed by atoms with Gasteiger partial charge in [-0.15, -0.1) is 0 Å². The van der Waals surface area contributed by atoms with Gasteiger partial charge in [0.25, 0.3) is 0 Å². The second-order valence-electron chi connectivity index (χ2n) is 4.40. The van der Waals surface area contributed by atoms with E-state index in [9.17, 15) is 0 Å². The number of hydrogen-bond acceptors (Lipinski definition) is 3. The first-order valence-electron chi connectivity index (χ1n) is 6.43. The standard InChI is InChI=1S/C11H18N2.C2H6.CH2O/c1-7-6-12-11-10(9(7)3)5-4-8(2)13-11;2*1-2/h4-5,7,9-12H,6H2,1-3H3;1-2H3;1H2. The molecular formula is C14H26N2O. The van der Waals surface area contributed by atoms with Crippen LogP contribution in [0, 0.1) is 17.8 Å². The quantitative estimate of drug-likeness (QED) is 0.705. The summed E-state index contributed by atoms with van der Waals surface area (Å²) >= 11 is 0. The highest BCUT2D eigenvalue weighted by Crippen LogP contribution is 2.31. The molecule has 2 aliphatic rings. The molecule has 0 aliphatic carbocycles. The van der Waals surface area contributed by atoms with Gasteiger partial charge in [0.05, 0.1) is 0 Å². The topological polar surface area (TPSA) is 41.5 Å². The number of dihydropyridines is 1. The molecule has 4 unspecified atom stereocenters. The first-order chi connectivity index (χ1) is 8.18. The molecule has 3 nitrogen and oxygen atoms in total. The van der Waals surface area contributed by atoms with Gasteiger partial charge >= 0.3 is 0 Å². The van der Waals surface area contributed by atoms with Gasteiger partial charge in [-0.1, -0.05) is 33.8 Å². The molecule has 2 heterocycles. The van der Waals surface area contributed by atoms with Crippen molar-refractivity contribution in [2.24, 2.45) is 22.7 Å². The Morgan fingerprint density at radius 3 is 2.53 bits per heavy atom. The van der Waals surface area contributed by atoms with E-state index in [0.717, 1.165) is 24.1 Å². The average molecular weight is 238 g/mol. The van der Waals surface area contributed by atoms with Crippen molar-refractivity contribution < 1.29 is 4.79 Å². The van der Waals surface area contributed by atoms with Crippen LogP contribution in [-0.4, -0.2) is 25.2 Å². The molecular weight excluding hydrogens is 212 g/mol. The van der Waals surface area contributed by atoms with E-state index < -0.39 is 0 Å². The Morgan fingerprint density at radius 2 is 1.94 bits per heavy atom. The molecule has 1 N–H and O–H groups in total. The normalized spacial score (nSPS) is 34.3. The van der Waals surface area contributed by atoms with Gasteiger partial charge in [0.2, 0.25) is 0 Å². The van der Waals surface area contributed by atoms with Crippen LogP contribution in [0.2, 0.25) is 0 Å². The van der Waals surface area contributed by atoms with E-state index in [4.69, 9.17) is 4.79 Å². The summed E-state index contributed by atoms with van der Waals surface area (Å²) in [6, 6.07) is 0. The van der Waals surface area contributed by atoms with E-state index in [0.29, 0.717) is 12.1 Å². The fraction of sp³-hybridized carbons (Fsp3) is 0.714. The summed E-state index contributed by atoms with van der Waals surface area (Å²) in [7, 11) is 0. The molecule has 0 aromatic carbocycles. The van der Waals surface area contributed by atoms with Crippen LogP contribution in [-0.2, 0) is 4.79 Å². The monoisotopic (exact) mass is 238 g/mol. The van der Waals surface area contributed by atoms with Crippen molar-refractivity contribution in [2.45, 2.75) is 40.8 Å². The zero-order valence-corrected chi connectivity index (χ0v) is 11.7. The number of piperidine rings is 1. The first-order valence-corrected chi connectivity index (χ1v) is 6.43. The van der Waals surface area contributed by atoms with Crippen LogP contribution < -0.4 is 5.32 Å². The Morgan fingerprint density at radius 1 is 1.35 bits per heavy atom. The fourth-order valence-electron chi connectivity index (χ4n) is 2.22. The average Bonchev–Trinajstić information content (AvgIpc) is 2.39. The summed E-state index contributed by atoms with van der Waals surface area (Å²) in [6.07, 6.45) is 4.81.